The van der Waals surface area contributed by atoms with Crippen LogP contribution in [0.15, 0.2) is 18.2 Å². The molecule has 2 nitrogen and oxygen atoms in total. The van der Waals surface area contributed by atoms with Gasteiger partial charge in [0.25, 0.3) is 0 Å². The van der Waals surface area contributed by atoms with Gasteiger partial charge in [-0.05, 0) is 49.9 Å². The number of rotatable bonds is 3. The van der Waals surface area contributed by atoms with E-state index in [4.69, 9.17) is 11.6 Å². The molecule has 0 bridgehead atoms. The summed E-state index contributed by atoms with van der Waals surface area (Å²) in [6, 6.07) is 6.30. The number of halogens is 1. The Hall–Kier alpha value is -1.28. The van der Waals surface area contributed by atoms with Gasteiger partial charge in [0.2, 0.25) is 0 Å². The standard InChI is InChI=1S/C15H19ClN2/c1-5-14-11(3)17-18(12(14)4)15-7-6-13(9-16)8-10(15)2/h6-8H,5,9H2,1-4H3. The van der Waals surface area contributed by atoms with Gasteiger partial charge in [-0.2, -0.15) is 5.10 Å². The molecule has 96 valence electrons. The van der Waals surface area contributed by atoms with Crippen molar-refractivity contribution in [2.75, 3.05) is 0 Å². The van der Waals surface area contributed by atoms with Crippen molar-refractivity contribution in [1.82, 2.24) is 9.78 Å². The van der Waals surface area contributed by atoms with Crippen molar-refractivity contribution in [3.05, 3.63) is 46.3 Å². The first-order chi connectivity index (χ1) is 8.58. The second-order valence-corrected chi connectivity index (χ2v) is 4.94. The van der Waals surface area contributed by atoms with Gasteiger partial charge in [0.1, 0.15) is 0 Å². The lowest BCUT2D eigenvalue weighted by molar-refractivity contribution is 0.826. The topological polar surface area (TPSA) is 17.8 Å². The zero-order chi connectivity index (χ0) is 13.3. The molecule has 0 aliphatic rings. The van der Waals surface area contributed by atoms with Crippen molar-refractivity contribution in [2.45, 2.75) is 40.0 Å². The summed E-state index contributed by atoms with van der Waals surface area (Å²) in [7, 11) is 0. The van der Waals surface area contributed by atoms with Gasteiger partial charge in [0, 0.05) is 11.6 Å². The van der Waals surface area contributed by atoms with E-state index >= 15 is 0 Å². The first kappa shape index (κ1) is 13.2. The Morgan fingerprint density at radius 3 is 2.44 bits per heavy atom. The molecular weight excluding hydrogens is 244 g/mol. The summed E-state index contributed by atoms with van der Waals surface area (Å²) in [5.41, 5.74) is 7.20. The highest BCUT2D eigenvalue weighted by atomic mass is 35.5. The van der Waals surface area contributed by atoms with E-state index in [1.165, 1.54) is 16.8 Å². The lowest BCUT2D eigenvalue weighted by Gasteiger charge is -2.10. The number of alkyl halides is 1. The highest BCUT2D eigenvalue weighted by Crippen LogP contribution is 2.22. The van der Waals surface area contributed by atoms with Crippen LogP contribution in [0.4, 0.5) is 0 Å². The van der Waals surface area contributed by atoms with Crippen LogP contribution in [0.3, 0.4) is 0 Å². The summed E-state index contributed by atoms with van der Waals surface area (Å²) in [4.78, 5) is 0. The molecule has 0 fully saturated rings. The minimum Gasteiger partial charge on any atom is -0.237 e. The molecule has 1 heterocycles. The van der Waals surface area contributed by atoms with Gasteiger partial charge < -0.3 is 0 Å². The van der Waals surface area contributed by atoms with E-state index in [2.05, 4.69) is 51.0 Å². The molecule has 18 heavy (non-hydrogen) atoms. The Balaban J connectivity index is 2.55. The average Bonchev–Trinajstić information content (AvgIpc) is 2.64. The Labute approximate surface area is 114 Å². The quantitative estimate of drug-likeness (QED) is 0.762. The van der Waals surface area contributed by atoms with Crippen molar-refractivity contribution in [3.63, 3.8) is 0 Å². The largest absolute Gasteiger partial charge is 0.237 e. The second kappa shape index (κ2) is 5.15. The van der Waals surface area contributed by atoms with Crippen LogP contribution in [0.1, 0.15) is 35.0 Å². The number of benzene rings is 1. The average molecular weight is 263 g/mol. The summed E-state index contributed by atoms with van der Waals surface area (Å²) < 4.78 is 2.04. The number of aromatic nitrogens is 2. The SMILES string of the molecule is CCc1c(C)nn(-c2ccc(CCl)cc2C)c1C. The number of hydrogen-bond donors (Lipinski definition) is 0. The predicted molar refractivity (Wildman–Crippen MR) is 76.7 cm³/mol. The molecule has 0 aliphatic heterocycles. The zero-order valence-corrected chi connectivity index (χ0v) is 12.2. The molecule has 0 N–H and O–H groups in total. The molecule has 1 aromatic carbocycles. The Kier molecular flexibility index (Phi) is 3.76. The van der Waals surface area contributed by atoms with Gasteiger partial charge in [-0.3, -0.25) is 0 Å². The maximum Gasteiger partial charge on any atom is 0.0678 e. The normalized spacial score (nSPS) is 10.9. The summed E-state index contributed by atoms with van der Waals surface area (Å²) in [5, 5.41) is 4.65. The van der Waals surface area contributed by atoms with Crippen molar-refractivity contribution >= 4 is 11.6 Å². The van der Waals surface area contributed by atoms with Crippen LogP contribution in [0.25, 0.3) is 5.69 Å². The molecule has 0 saturated carbocycles. The van der Waals surface area contributed by atoms with Crippen molar-refractivity contribution in [2.24, 2.45) is 0 Å². The number of aryl methyl sites for hydroxylation is 2. The zero-order valence-electron chi connectivity index (χ0n) is 11.4. The summed E-state index contributed by atoms with van der Waals surface area (Å²) in [6.45, 7) is 8.48. The van der Waals surface area contributed by atoms with Crippen LogP contribution < -0.4 is 0 Å². The van der Waals surface area contributed by atoms with Gasteiger partial charge in [0.05, 0.1) is 11.4 Å². The van der Waals surface area contributed by atoms with Crippen LogP contribution >= 0.6 is 11.6 Å². The fourth-order valence-electron chi connectivity index (χ4n) is 2.46. The van der Waals surface area contributed by atoms with E-state index in [1.54, 1.807) is 0 Å². The molecule has 2 aromatic rings. The lowest BCUT2D eigenvalue weighted by atomic mass is 10.1. The lowest BCUT2D eigenvalue weighted by Crippen LogP contribution is -2.02. The van der Waals surface area contributed by atoms with E-state index in [0.717, 1.165) is 23.4 Å². The third kappa shape index (κ3) is 2.17. The molecule has 0 amide bonds. The number of nitrogens with zero attached hydrogens (tertiary/aromatic N) is 2. The number of hydrogen-bond acceptors (Lipinski definition) is 1. The molecule has 0 radical (unpaired) electrons. The molecule has 2 rings (SSSR count). The predicted octanol–water partition coefficient (Wildman–Crippen LogP) is 4.10. The van der Waals surface area contributed by atoms with E-state index in [-0.39, 0.29) is 0 Å². The molecular formula is C15H19ClN2. The molecule has 1 aromatic heterocycles. The van der Waals surface area contributed by atoms with Gasteiger partial charge in [-0.1, -0.05) is 19.1 Å². The maximum atomic E-state index is 5.86. The van der Waals surface area contributed by atoms with Crippen LogP contribution in [0.5, 0.6) is 0 Å². The highest BCUT2D eigenvalue weighted by molar-refractivity contribution is 6.17. The van der Waals surface area contributed by atoms with Gasteiger partial charge >= 0.3 is 0 Å². The van der Waals surface area contributed by atoms with Crippen LogP contribution in [0.2, 0.25) is 0 Å². The third-order valence-electron chi connectivity index (χ3n) is 3.44. The Morgan fingerprint density at radius 2 is 1.94 bits per heavy atom. The maximum absolute atomic E-state index is 5.86. The summed E-state index contributed by atoms with van der Waals surface area (Å²) in [5.74, 6) is 0.554. The fourth-order valence-corrected chi connectivity index (χ4v) is 2.63. The monoisotopic (exact) mass is 262 g/mol. The molecule has 0 unspecified atom stereocenters. The van der Waals surface area contributed by atoms with Crippen LogP contribution in [-0.2, 0) is 12.3 Å². The Morgan fingerprint density at radius 1 is 1.22 bits per heavy atom. The molecule has 0 spiro atoms. The second-order valence-electron chi connectivity index (χ2n) is 4.67. The summed E-state index contributed by atoms with van der Waals surface area (Å²) >= 11 is 5.86. The minimum atomic E-state index is 0.554. The molecule has 0 aliphatic carbocycles. The van der Waals surface area contributed by atoms with Gasteiger partial charge in [-0.25, -0.2) is 4.68 Å². The first-order valence-electron chi connectivity index (χ1n) is 6.29. The highest BCUT2D eigenvalue weighted by Gasteiger charge is 2.12. The summed E-state index contributed by atoms with van der Waals surface area (Å²) in [6.07, 6.45) is 1.02. The molecule has 0 atom stereocenters. The minimum absolute atomic E-state index is 0.554. The van der Waals surface area contributed by atoms with E-state index in [1.807, 2.05) is 4.68 Å². The molecule has 3 heteroatoms. The van der Waals surface area contributed by atoms with E-state index < -0.39 is 0 Å². The smallest absolute Gasteiger partial charge is 0.0678 e. The van der Waals surface area contributed by atoms with E-state index in [0.29, 0.717) is 5.88 Å². The van der Waals surface area contributed by atoms with Crippen LogP contribution in [0, 0.1) is 20.8 Å². The van der Waals surface area contributed by atoms with Gasteiger partial charge in [0.15, 0.2) is 0 Å². The van der Waals surface area contributed by atoms with Crippen LogP contribution in [-0.4, -0.2) is 9.78 Å². The van der Waals surface area contributed by atoms with Crippen molar-refractivity contribution < 1.29 is 0 Å². The van der Waals surface area contributed by atoms with Crippen molar-refractivity contribution in [3.8, 4) is 5.69 Å². The first-order valence-corrected chi connectivity index (χ1v) is 6.82. The third-order valence-corrected chi connectivity index (χ3v) is 3.75. The molecule has 0 saturated heterocycles. The van der Waals surface area contributed by atoms with Gasteiger partial charge in [-0.15, -0.1) is 11.6 Å². The Bertz CT molecular complexity index is 570. The fraction of sp³-hybridized carbons (Fsp3) is 0.400. The van der Waals surface area contributed by atoms with E-state index in [9.17, 15) is 0 Å². The van der Waals surface area contributed by atoms with Crippen molar-refractivity contribution in [1.29, 1.82) is 0 Å².